The largest absolute Gasteiger partial charge is 0.466 e. The monoisotopic (exact) mass is 764 g/mol. The van der Waals surface area contributed by atoms with E-state index in [0.717, 1.165) is 44.9 Å². The van der Waals surface area contributed by atoms with E-state index in [1.807, 2.05) is 0 Å². The maximum absolute atomic E-state index is 13.4. The molecule has 13 nitrogen and oxygen atoms in total. The van der Waals surface area contributed by atoms with Crippen molar-refractivity contribution in [2.45, 2.75) is 184 Å². The minimum Gasteiger partial charge on any atom is -0.466 e. The first-order valence-corrected chi connectivity index (χ1v) is 19.9. The van der Waals surface area contributed by atoms with Gasteiger partial charge in [0.05, 0.1) is 56.8 Å². The van der Waals surface area contributed by atoms with Gasteiger partial charge in [-0.05, 0) is 50.2 Å². The summed E-state index contributed by atoms with van der Waals surface area (Å²) in [6.07, 6.45) is 9.26. The number of hydrogen-bond donors (Lipinski definition) is 3. The van der Waals surface area contributed by atoms with Crippen molar-refractivity contribution < 1.29 is 62.9 Å². The Bertz CT molecular complexity index is 1300. The zero-order chi connectivity index (χ0) is 39.3. The fourth-order valence-electron chi connectivity index (χ4n) is 7.89. The van der Waals surface area contributed by atoms with Gasteiger partial charge in [-0.25, -0.2) is 4.79 Å². The van der Waals surface area contributed by atoms with Crippen LogP contribution in [-0.4, -0.2) is 108 Å². The smallest absolute Gasteiger partial charge is 0.330 e. The van der Waals surface area contributed by atoms with Crippen LogP contribution in [0.5, 0.6) is 0 Å². The molecule has 3 N–H and O–H groups in total. The number of carbonyl (C=O) groups excluding carboxylic acids is 3. The lowest BCUT2D eigenvalue weighted by atomic mass is 9.74. The average molecular weight is 765 g/mol. The summed E-state index contributed by atoms with van der Waals surface area (Å²) in [6.45, 7) is 8.86. The molecular formula is C41H64O13. The SMILES string of the molecule is C=CC[C@H]1C[C@H]2C[C@H]3CCC[C@@H](C[C@@H](O)CC(=O)O[C@@H](CO)CC4C/C(=C\C(=O)OC)[C@H](OC(=O)CCCCCCC)[C@@](O)(O4)C(C)(C)/C=C/[C@H](O2)O1)O3. The number of esters is 3. The molecule has 0 aromatic rings. The highest BCUT2D eigenvalue weighted by molar-refractivity contribution is 5.83. The lowest BCUT2D eigenvalue weighted by Crippen LogP contribution is -2.62. The normalized spacial score (nSPS) is 36.3. The van der Waals surface area contributed by atoms with Gasteiger partial charge in [0, 0.05) is 43.6 Å². The zero-order valence-corrected chi connectivity index (χ0v) is 32.7. The molecule has 0 aromatic carbocycles. The predicted octanol–water partition coefficient (Wildman–Crippen LogP) is 5.27. The predicted molar refractivity (Wildman–Crippen MR) is 198 cm³/mol. The second-order valence-corrected chi connectivity index (χ2v) is 15.8. The summed E-state index contributed by atoms with van der Waals surface area (Å²) in [5.41, 5.74) is -1.08. The maximum Gasteiger partial charge on any atom is 0.330 e. The number of unbranched alkanes of at least 4 members (excludes halogenated alkanes) is 4. The molecule has 4 aliphatic heterocycles. The van der Waals surface area contributed by atoms with Gasteiger partial charge < -0.3 is 48.5 Å². The molecule has 10 atom stereocenters. The molecule has 3 saturated heterocycles. The van der Waals surface area contributed by atoms with Crippen molar-refractivity contribution in [1.29, 1.82) is 0 Å². The Kier molecular flexibility index (Phi) is 17.2. The van der Waals surface area contributed by atoms with Crippen molar-refractivity contribution in [3.8, 4) is 0 Å². The standard InChI is InChI=1S/C41H64O13/c1-6-8-9-10-11-16-35(44)53-39-27(20-36(45)48-5)19-33-25-34(26-42)50-37(46)22-28(43)21-30-14-12-15-31(49-30)24-32-23-29(13-7-2)51-38(52-32)17-18-40(3,4)41(39,47)54-33/h7,17-18,20,28-34,38-39,42-43,47H,2,6,8-16,19,21-26H2,1,3-5H3/b18-17+,27-20+/t28-,29+,30+,31-,32+,33?,34-,38+,39+,41-/m1/s1. The Labute approximate surface area is 320 Å². The van der Waals surface area contributed by atoms with Crippen LogP contribution in [-0.2, 0) is 47.5 Å². The molecule has 1 unspecified atom stereocenters. The summed E-state index contributed by atoms with van der Waals surface area (Å²) in [7, 11) is 1.22. The fraction of sp³-hybridized carbons (Fsp3) is 0.780. The van der Waals surface area contributed by atoms with E-state index in [1.165, 1.54) is 13.2 Å². The second kappa shape index (κ2) is 21.0. The number of ether oxygens (including phenoxy) is 7. The van der Waals surface area contributed by atoms with E-state index in [4.69, 9.17) is 33.2 Å². The van der Waals surface area contributed by atoms with E-state index < -0.39 is 66.4 Å². The number of cyclic esters (lactones) is 1. The summed E-state index contributed by atoms with van der Waals surface area (Å²) in [5, 5.41) is 33.9. The third-order valence-electron chi connectivity index (χ3n) is 10.9. The number of carbonyl (C=O) groups is 3. The molecule has 0 saturated carbocycles. The van der Waals surface area contributed by atoms with Crippen LogP contribution < -0.4 is 0 Å². The van der Waals surface area contributed by atoms with Gasteiger partial charge in [-0.15, -0.1) is 6.58 Å². The number of aliphatic hydroxyl groups excluding tert-OH is 2. The van der Waals surface area contributed by atoms with E-state index in [-0.39, 0.29) is 62.1 Å². The van der Waals surface area contributed by atoms with E-state index in [2.05, 4.69) is 13.5 Å². The molecule has 0 radical (unpaired) electrons. The highest BCUT2D eigenvalue weighted by atomic mass is 16.7. The molecule has 54 heavy (non-hydrogen) atoms. The summed E-state index contributed by atoms with van der Waals surface area (Å²) < 4.78 is 42.2. The van der Waals surface area contributed by atoms with Gasteiger partial charge in [0.25, 0.3) is 0 Å². The summed E-state index contributed by atoms with van der Waals surface area (Å²) in [6, 6.07) is 0. The van der Waals surface area contributed by atoms with Crippen molar-refractivity contribution in [1.82, 2.24) is 0 Å². The molecule has 0 aromatic heterocycles. The molecule has 0 amide bonds. The van der Waals surface area contributed by atoms with E-state index in [0.29, 0.717) is 25.7 Å². The second-order valence-electron chi connectivity index (χ2n) is 15.8. The van der Waals surface area contributed by atoms with Gasteiger partial charge in [0.2, 0.25) is 5.79 Å². The number of hydrogen-bond acceptors (Lipinski definition) is 13. The van der Waals surface area contributed by atoms with E-state index >= 15 is 0 Å². The molecule has 4 rings (SSSR count). The number of aliphatic hydroxyl groups is 3. The van der Waals surface area contributed by atoms with E-state index in [1.54, 1.807) is 32.1 Å². The Morgan fingerprint density at radius 3 is 2.39 bits per heavy atom. The molecule has 306 valence electrons. The molecule has 6 bridgehead atoms. The van der Waals surface area contributed by atoms with Crippen LogP contribution in [0.3, 0.4) is 0 Å². The van der Waals surface area contributed by atoms with Crippen molar-refractivity contribution in [3.63, 3.8) is 0 Å². The van der Waals surface area contributed by atoms with Crippen LogP contribution in [0.1, 0.15) is 124 Å². The highest BCUT2D eigenvalue weighted by Gasteiger charge is 2.57. The van der Waals surface area contributed by atoms with Crippen LogP contribution >= 0.6 is 0 Å². The minimum absolute atomic E-state index is 0.0116. The number of methoxy groups -OCH3 is 1. The van der Waals surface area contributed by atoms with Crippen molar-refractivity contribution in [2.24, 2.45) is 5.41 Å². The zero-order valence-electron chi connectivity index (χ0n) is 32.7. The molecule has 0 spiro atoms. The van der Waals surface area contributed by atoms with Crippen molar-refractivity contribution in [3.05, 3.63) is 36.5 Å². The van der Waals surface area contributed by atoms with Gasteiger partial charge in [-0.2, -0.15) is 0 Å². The number of rotatable bonds is 11. The number of fused-ring (bicyclic) bond motifs is 6. The van der Waals surface area contributed by atoms with Gasteiger partial charge in [0.15, 0.2) is 12.4 Å². The molecule has 0 aliphatic carbocycles. The quantitative estimate of drug-likeness (QED) is 0.0816. The van der Waals surface area contributed by atoms with Crippen molar-refractivity contribution >= 4 is 17.9 Å². The average Bonchev–Trinajstić information content (AvgIpc) is 3.11. The molecular weight excluding hydrogens is 700 g/mol. The van der Waals surface area contributed by atoms with Crippen LogP contribution in [0.4, 0.5) is 0 Å². The summed E-state index contributed by atoms with van der Waals surface area (Å²) in [5.74, 6) is -4.26. The molecule has 4 aliphatic rings. The summed E-state index contributed by atoms with van der Waals surface area (Å²) >= 11 is 0. The third-order valence-corrected chi connectivity index (χ3v) is 10.9. The third kappa shape index (κ3) is 12.7. The van der Waals surface area contributed by atoms with Gasteiger partial charge in [-0.3, -0.25) is 9.59 Å². The lowest BCUT2D eigenvalue weighted by molar-refractivity contribution is -0.327. The van der Waals surface area contributed by atoms with Crippen LogP contribution in [0.15, 0.2) is 36.5 Å². The summed E-state index contributed by atoms with van der Waals surface area (Å²) in [4.78, 5) is 39.1. The topological polar surface area (TPSA) is 177 Å². The molecule has 13 heteroatoms. The fourth-order valence-corrected chi connectivity index (χ4v) is 7.89. The van der Waals surface area contributed by atoms with Gasteiger partial charge in [0.1, 0.15) is 6.10 Å². The highest BCUT2D eigenvalue weighted by Crippen LogP contribution is 2.47. The molecule has 4 heterocycles. The first-order chi connectivity index (χ1) is 25.8. The Balaban J connectivity index is 1.72. The Hall–Kier alpha value is -2.65. The molecule has 3 fully saturated rings. The maximum atomic E-state index is 13.4. The lowest BCUT2D eigenvalue weighted by Gasteiger charge is -2.51. The van der Waals surface area contributed by atoms with E-state index in [9.17, 15) is 29.7 Å². The Morgan fingerprint density at radius 1 is 0.963 bits per heavy atom. The first kappa shape index (κ1) is 44.1. The van der Waals surface area contributed by atoms with Crippen LogP contribution in [0, 0.1) is 5.41 Å². The first-order valence-electron chi connectivity index (χ1n) is 19.9. The van der Waals surface area contributed by atoms with Gasteiger partial charge in [-0.1, -0.05) is 58.6 Å². The minimum atomic E-state index is -2.27. The van der Waals surface area contributed by atoms with Crippen LogP contribution in [0.2, 0.25) is 0 Å². The van der Waals surface area contributed by atoms with Gasteiger partial charge >= 0.3 is 17.9 Å². The van der Waals surface area contributed by atoms with Crippen LogP contribution in [0.25, 0.3) is 0 Å². The Morgan fingerprint density at radius 2 is 1.69 bits per heavy atom. The van der Waals surface area contributed by atoms with Crippen molar-refractivity contribution in [2.75, 3.05) is 13.7 Å².